The van der Waals surface area contributed by atoms with E-state index in [1.54, 1.807) is 20.8 Å². The molecular formula is C19H22F3N3O5S. The molecule has 0 aliphatic heterocycles. The molecule has 1 aliphatic carbocycles. The van der Waals surface area contributed by atoms with Crippen molar-refractivity contribution < 1.29 is 31.3 Å². The van der Waals surface area contributed by atoms with Crippen molar-refractivity contribution >= 4 is 21.3 Å². The Kier molecular flexibility index (Phi) is 6.25. The number of carbonyl (C=O) groups excluding carboxylic acids is 1. The molecule has 0 amide bonds. The highest BCUT2D eigenvalue weighted by Gasteiger charge is 2.46. The van der Waals surface area contributed by atoms with Gasteiger partial charge in [-0.2, -0.15) is 13.2 Å². The first kappa shape index (κ1) is 24.7. The van der Waals surface area contributed by atoms with Gasteiger partial charge in [-0.05, 0) is 23.6 Å². The monoisotopic (exact) mass is 461 g/mol. The molecule has 0 radical (unpaired) electrons. The number of rotatable bonds is 5. The predicted octanol–water partition coefficient (Wildman–Crippen LogP) is 2.74. The van der Waals surface area contributed by atoms with Gasteiger partial charge in [-0.1, -0.05) is 32.9 Å². The summed E-state index contributed by atoms with van der Waals surface area (Å²) in [5, 5.41) is 11.1. The van der Waals surface area contributed by atoms with Crippen molar-refractivity contribution in [2.24, 2.45) is 16.9 Å². The third-order valence-corrected chi connectivity index (χ3v) is 7.28. The van der Waals surface area contributed by atoms with Gasteiger partial charge < -0.3 is 11.5 Å². The molecule has 0 bridgehead atoms. The molecule has 2 rings (SSSR count). The normalized spacial score (nSPS) is 22.2. The summed E-state index contributed by atoms with van der Waals surface area (Å²) in [6, 6.07) is 0.522. The average molecular weight is 461 g/mol. The first-order chi connectivity index (χ1) is 13.9. The molecule has 0 aromatic heterocycles. The Labute approximate surface area is 176 Å². The van der Waals surface area contributed by atoms with Crippen molar-refractivity contribution in [1.82, 2.24) is 0 Å². The largest absolute Gasteiger partial charge is 0.422 e. The van der Waals surface area contributed by atoms with Gasteiger partial charge in [-0.3, -0.25) is 14.9 Å². The maximum absolute atomic E-state index is 13.0. The first-order valence-electron chi connectivity index (χ1n) is 8.97. The van der Waals surface area contributed by atoms with Crippen LogP contribution >= 0.6 is 0 Å². The minimum absolute atomic E-state index is 0.254. The number of nitro benzene ring substituents is 1. The van der Waals surface area contributed by atoms with E-state index in [2.05, 4.69) is 0 Å². The van der Waals surface area contributed by atoms with Crippen LogP contribution in [0.2, 0.25) is 0 Å². The molecule has 1 aliphatic rings. The molecule has 0 heterocycles. The molecular weight excluding hydrogens is 439 g/mol. The van der Waals surface area contributed by atoms with Crippen molar-refractivity contribution in [1.29, 1.82) is 0 Å². The van der Waals surface area contributed by atoms with Crippen molar-refractivity contribution in [2.75, 3.05) is 5.75 Å². The highest BCUT2D eigenvalue weighted by atomic mass is 32.2. The second-order valence-corrected chi connectivity index (χ2v) is 10.7. The van der Waals surface area contributed by atoms with Gasteiger partial charge >= 0.3 is 6.18 Å². The van der Waals surface area contributed by atoms with Crippen LogP contribution in [-0.4, -0.2) is 35.8 Å². The summed E-state index contributed by atoms with van der Waals surface area (Å²) in [6.07, 6.45) is -1.65. The Morgan fingerprint density at radius 3 is 2.32 bits per heavy atom. The molecule has 2 unspecified atom stereocenters. The number of halogens is 3. The fourth-order valence-electron chi connectivity index (χ4n) is 3.11. The average Bonchev–Trinajstić information content (AvgIpc) is 2.60. The lowest BCUT2D eigenvalue weighted by Gasteiger charge is -2.35. The zero-order chi connectivity index (χ0) is 24.0. The summed E-state index contributed by atoms with van der Waals surface area (Å²) >= 11 is 0. The number of Topliss-reactive ketones (excluding diaryl/α,β-unsaturated/α-hetero) is 1. The number of allylic oxidation sites excluding steroid dienone is 2. The van der Waals surface area contributed by atoms with Crippen LogP contribution in [0, 0.1) is 15.5 Å². The van der Waals surface area contributed by atoms with Gasteiger partial charge in [0.05, 0.1) is 16.7 Å². The second kappa shape index (κ2) is 7.84. The maximum Gasteiger partial charge on any atom is 0.422 e. The number of benzene rings is 1. The first-order valence-corrected chi connectivity index (χ1v) is 10.6. The second-order valence-electron chi connectivity index (χ2n) is 8.47. The standard InChI is InChI=1S/C19H22F3N3O5S/c1-17(2,3)10-31(29,30)18(24)9-12(5-7-15(18)23)16(26)11-4-6-13(19(20,21)22)14(8-11)25(27)28/h4-9,15H,10,23-24H2,1-3H3. The summed E-state index contributed by atoms with van der Waals surface area (Å²) in [6.45, 7) is 5.03. The molecule has 31 heavy (non-hydrogen) atoms. The highest BCUT2D eigenvalue weighted by molar-refractivity contribution is 7.93. The van der Waals surface area contributed by atoms with E-state index in [1.165, 1.54) is 12.2 Å². The van der Waals surface area contributed by atoms with Crippen molar-refractivity contribution in [2.45, 2.75) is 37.9 Å². The van der Waals surface area contributed by atoms with Crippen LogP contribution in [0.5, 0.6) is 0 Å². The number of alkyl halides is 3. The fraction of sp³-hybridized carbons (Fsp3) is 0.421. The number of hydrogen-bond donors (Lipinski definition) is 2. The fourth-order valence-corrected chi connectivity index (χ4v) is 5.30. The lowest BCUT2D eigenvalue weighted by Crippen LogP contribution is -2.61. The summed E-state index contributed by atoms with van der Waals surface area (Å²) in [7, 11) is -4.07. The van der Waals surface area contributed by atoms with Gasteiger partial charge in [0.2, 0.25) is 0 Å². The Bertz CT molecular complexity index is 1090. The van der Waals surface area contributed by atoms with E-state index in [4.69, 9.17) is 11.5 Å². The van der Waals surface area contributed by atoms with Gasteiger partial charge in [-0.25, -0.2) is 8.42 Å². The molecule has 4 N–H and O–H groups in total. The minimum atomic E-state index is -4.99. The summed E-state index contributed by atoms with van der Waals surface area (Å²) in [5.74, 6) is -1.28. The zero-order valence-electron chi connectivity index (χ0n) is 16.9. The molecule has 0 saturated heterocycles. The lowest BCUT2D eigenvalue weighted by molar-refractivity contribution is -0.388. The van der Waals surface area contributed by atoms with Gasteiger partial charge in [0.15, 0.2) is 20.5 Å². The maximum atomic E-state index is 13.0. The molecule has 12 heteroatoms. The highest BCUT2D eigenvalue weighted by Crippen LogP contribution is 2.37. The van der Waals surface area contributed by atoms with Gasteiger partial charge in [0.25, 0.3) is 5.69 Å². The van der Waals surface area contributed by atoms with Crippen molar-refractivity contribution in [3.8, 4) is 0 Å². The number of carbonyl (C=O) groups is 1. The Morgan fingerprint density at radius 1 is 1.26 bits per heavy atom. The van der Waals surface area contributed by atoms with E-state index in [0.29, 0.717) is 12.1 Å². The Balaban J connectivity index is 2.55. The Morgan fingerprint density at radius 2 is 1.84 bits per heavy atom. The van der Waals surface area contributed by atoms with E-state index in [0.717, 1.165) is 12.1 Å². The van der Waals surface area contributed by atoms with Crippen LogP contribution in [0.1, 0.15) is 36.7 Å². The predicted molar refractivity (Wildman–Crippen MR) is 108 cm³/mol. The molecule has 8 nitrogen and oxygen atoms in total. The van der Waals surface area contributed by atoms with E-state index >= 15 is 0 Å². The molecule has 0 spiro atoms. The van der Waals surface area contributed by atoms with Crippen LogP contribution in [0.15, 0.2) is 42.0 Å². The number of sulfone groups is 1. The zero-order valence-corrected chi connectivity index (χ0v) is 17.8. The van der Waals surface area contributed by atoms with Crippen LogP contribution < -0.4 is 11.5 Å². The lowest BCUT2D eigenvalue weighted by atomic mass is 9.92. The van der Waals surface area contributed by atoms with Gasteiger partial charge in [-0.15, -0.1) is 0 Å². The molecule has 0 saturated carbocycles. The van der Waals surface area contributed by atoms with E-state index in [1.807, 2.05) is 0 Å². The minimum Gasteiger partial charge on any atom is -0.322 e. The number of nitrogens with two attached hydrogens (primary N) is 2. The number of ketones is 1. The topological polar surface area (TPSA) is 146 Å². The van der Waals surface area contributed by atoms with Crippen molar-refractivity contribution in [3.63, 3.8) is 0 Å². The molecule has 170 valence electrons. The van der Waals surface area contributed by atoms with Crippen LogP contribution in [-0.2, 0) is 16.0 Å². The molecule has 0 fully saturated rings. The van der Waals surface area contributed by atoms with E-state index in [-0.39, 0.29) is 11.3 Å². The smallest absolute Gasteiger partial charge is 0.322 e. The quantitative estimate of drug-likeness (QED) is 0.389. The van der Waals surface area contributed by atoms with Gasteiger partial charge in [0, 0.05) is 17.2 Å². The van der Waals surface area contributed by atoms with Crippen molar-refractivity contribution in [3.05, 3.63) is 63.2 Å². The van der Waals surface area contributed by atoms with Crippen LogP contribution in [0.25, 0.3) is 0 Å². The number of nitrogens with zero attached hydrogens (tertiary/aromatic N) is 1. The summed E-state index contributed by atoms with van der Waals surface area (Å²) in [4.78, 5) is 20.5. The SMILES string of the molecule is CC(C)(C)CS(=O)(=O)C1(N)C=C(C(=O)c2ccc(C(F)(F)F)c([N+](=O)[O-])c2)C=CC1N. The van der Waals surface area contributed by atoms with Crippen LogP contribution in [0.3, 0.4) is 0 Å². The molecule has 2 atom stereocenters. The number of hydrogen-bond acceptors (Lipinski definition) is 7. The third kappa shape index (κ3) is 5.02. The molecule has 1 aromatic carbocycles. The van der Waals surface area contributed by atoms with E-state index < -0.39 is 59.9 Å². The van der Waals surface area contributed by atoms with E-state index in [9.17, 15) is 36.5 Å². The summed E-state index contributed by atoms with van der Waals surface area (Å²) < 4.78 is 64.8. The third-order valence-electron chi connectivity index (χ3n) is 4.57. The Hall–Kier alpha value is -2.57. The summed E-state index contributed by atoms with van der Waals surface area (Å²) in [5.41, 5.74) is 7.84. The number of nitro groups is 1. The van der Waals surface area contributed by atoms with Gasteiger partial charge in [0.1, 0.15) is 5.56 Å². The van der Waals surface area contributed by atoms with Crippen LogP contribution in [0.4, 0.5) is 18.9 Å². The molecule has 1 aromatic rings.